The number of benzene rings is 1. The second-order valence-electron chi connectivity index (χ2n) is 5.88. The van der Waals surface area contributed by atoms with Crippen molar-refractivity contribution in [2.45, 2.75) is 19.9 Å². The van der Waals surface area contributed by atoms with Gasteiger partial charge in [0, 0.05) is 38.1 Å². The fraction of sp³-hybridized carbons (Fsp3) is 0.412. The van der Waals surface area contributed by atoms with Gasteiger partial charge in [0.2, 0.25) is 0 Å². The number of halogens is 1. The number of carbonyl (C=O) groups is 1. The van der Waals surface area contributed by atoms with Gasteiger partial charge in [-0.25, -0.2) is 9.78 Å². The van der Waals surface area contributed by atoms with E-state index in [0.29, 0.717) is 17.3 Å². The second-order valence-corrected chi connectivity index (χ2v) is 7.35. The standard InChI is InChI=1S/C17H21ClN4OS/c1-13-19-14(12-24-13)11-21-7-4-8-22(10-9-21)17(23)20-16-6-3-2-5-15(16)18/h2-3,5-6,12H,4,7-11H2,1H3,(H,20,23). The van der Waals surface area contributed by atoms with E-state index < -0.39 is 0 Å². The molecule has 1 aliphatic heterocycles. The molecular weight excluding hydrogens is 344 g/mol. The van der Waals surface area contributed by atoms with Gasteiger partial charge in [0.05, 0.1) is 21.4 Å². The highest BCUT2D eigenvalue weighted by atomic mass is 35.5. The Bertz CT molecular complexity index is 705. The smallest absolute Gasteiger partial charge is 0.321 e. The quantitative estimate of drug-likeness (QED) is 0.900. The molecule has 2 amide bonds. The van der Waals surface area contributed by atoms with Gasteiger partial charge in [-0.2, -0.15) is 0 Å². The van der Waals surface area contributed by atoms with Crippen LogP contribution in [-0.2, 0) is 6.54 Å². The molecule has 128 valence electrons. The van der Waals surface area contributed by atoms with E-state index in [1.54, 1.807) is 17.4 Å². The molecule has 0 radical (unpaired) electrons. The fourth-order valence-corrected chi connectivity index (χ4v) is 3.59. The van der Waals surface area contributed by atoms with E-state index in [1.807, 2.05) is 30.0 Å². The minimum Gasteiger partial charge on any atom is -0.323 e. The monoisotopic (exact) mass is 364 g/mol. The summed E-state index contributed by atoms with van der Waals surface area (Å²) in [4.78, 5) is 21.2. The van der Waals surface area contributed by atoms with Gasteiger partial charge < -0.3 is 10.2 Å². The Morgan fingerprint density at radius 2 is 2.12 bits per heavy atom. The van der Waals surface area contributed by atoms with E-state index in [9.17, 15) is 4.79 Å². The first-order valence-corrected chi connectivity index (χ1v) is 9.31. The molecule has 1 N–H and O–H groups in total. The Labute approximate surface area is 151 Å². The van der Waals surface area contributed by atoms with Crippen LogP contribution in [0.4, 0.5) is 10.5 Å². The first-order valence-electron chi connectivity index (χ1n) is 8.05. The van der Waals surface area contributed by atoms with Gasteiger partial charge in [-0.3, -0.25) is 4.90 Å². The number of aromatic nitrogens is 1. The SMILES string of the molecule is Cc1nc(CN2CCCN(C(=O)Nc3ccccc3Cl)CC2)cs1. The van der Waals surface area contributed by atoms with Gasteiger partial charge >= 0.3 is 6.03 Å². The van der Waals surface area contributed by atoms with Crippen LogP contribution in [0, 0.1) is 6.92 Å². The van der Waals surface area contributed by atoms with Gasteiger partial charge in [0.1, 0.15) is 0 Å². The molecule has 1 fully saturated rings. The van der Waals surface area contributed by atoms with E-state index in [1.165, 1.54) is 0 Å². The predicted molar refractivity (Wildman–Crippen MR) is 98.8 cm³/mol. The van der Waals surface area contributed by atoms with E-state index in [0.717, 1.165) is 43.3 Å². The van der Waals surface area contributed by atoms with Crippen molar-refractivity contribution in [1.82, 2.24) is 14.8 Å². The maximum atomic E-state index is 12.5. The van der Waals surface area contributed by atoms with Crippen LogP contribution >= 0.6 is 22.9 Å². The molecule has 0 bridgehead atoms. The highest BCUT2D eigenvalue weighted by molar-refractivity contribution is 7.09. The van der Waals surface area contributed by atoms with Gasteiger partial charge in [0.15, 0.2) is 0 Å². The fourth-order valence-electron chi connectivity index (χ4n) is 2.80. The zero-order chi connectivity index (χ0) is 16.9. The van der Waals surface area contributed by atoms with Crippen molar-refractivity contribution in [2.75, 3.05) is 31.5 Å². The molecule has 3 rings (SSSR count). The van der Waals surface area contributed by atoms with Crippen LogP contribution in [0.25, 0.3) is 0 Å². The minimum absolute atomic E-state index is 0.0885. The summed E-state index contributed by atoms with van der Waals surface area (Å²) < 4.78 is 0. The number of amides is 2. The molecule has 0 saturated carbocycles. The van der Waals surface area contributed by atoms with Crippen LogP contribution in [0.5, 0.6) is 0 Å². The Hall–Kier alpha value is -1.63. The van der Waals surface area contributed by atoms with Gasteiger partial charge in [0.25, 0.3) is 0 Å². The summed E-state index contributed by atoms with van der Waals surface area (Å²) in [7, 11) is 0. The number of hydrogen-bond acceptors (Lipinski definition) is 4. The van der Waals surface area contributed by atoms with Crippen LogP contribution in [0.1, 0.15) is 17.1 Å². The third-order valence-electron chi connectivity index (χ3n) is 4.04. The number of thiazole rings is 1. The van der Waals surface area contributed by atoms with Crippen molar-refractivity contribution < 1.29 is 4.79 Å². The van der Waals surface area contributed by atoms with Crippen molar-refractivity contribution in [2.24, 2.45) is 0 Å². The van der Waals surface area contributed by atoms with Gasteiger partial charge in [-0.1, -0.05) is 23.7 Å². The summed E-state index contributed by atoms with van der Waals surface area (Å²) in [6.45, 7) is 6.17. The maximum Gasteiger partial charge on any atom is 0.321 e. The number of carbonyl (C=O) groups excluding carboxylic acids is 1. The number of hydrogen-bond donors (Lipinski definition) is 1. The molecule has 2 heterocycles. The molecule has 0 atom stereocenters. The lowest BCUT2D eigenvalue weighted by Crippen LogP contribution is -2.38. The molecule has 0 aliphatic carbocycles. The molecule has 2 aromatic rings. The Balaban J connectivity index is 1.55. The number of urea groups is 1. The van der Waals surface area contributed by atoms with E-state index >= 15 is 0 Å². The van der Waals surface area contributed by atoms with E-state index in [2.05, 4.69) is 20.6 Å². The summed E-state index contributed by atoms with van der Waals surface area (Å²) in [5.74, 6) is 0. The Kier molecular flexibility index (Phi) is 5.71. The number of rotatable bonds is 3. The number of nitrogens with one attached hydrogen (secondary N) is 1. The summed E-state index contributed by atoms with van der Waals surface area (Å²) in [5.41, 5.74) is 1.77. The van der Waals surface area contributed by atoms with Crippen molar-refractivity contribution in [1.29, 1.82) is 0 Å². The van der Waals surface area contributed by atoms with Crippen LogP contribution < -0.4 is 5.32 Å². The third-order valence-corrected chi connectivity index (χ3v) is 5.20. The van der Waals surface area contributed by atoms with Crippen molar-refractivity contribution in [3.63, 3.8) is 0 Å². The lowest BCUT2D eigenvalue weighted by atomic mass is 10.3. The second kappa shape index (κ2) is 7.96. The lowest BCUT2D eigenvalue weighted by molar-refractivity contribution is 0.211. The zero-order valence-electron chi connectivity index (χ0n) is 13.7. The normalized spacial score (nSPS) is 16.0. The third kappa shape index (κ3) is 4.47. The number of aryl methyl sites for hydroxylation is 1. The first kappa shape index (κ1) is 17.2. The topological polar surface area (TPSA) is 48.5 Å². The van der Waals surface area contributed by atoms with E-state index in [4.69, 9.17) is 11.6 Å². The molecule has 1 aromatic heterocycles. The molecule has 7 heteroatoms. The van der Waals surface area contributed by atoms with Crippen molar-refractivity contribution >= 4 is 34.7 Å². The Morgan fingerprint density at radius 3 is 2.88 bits per heavy atom. The zero-order valence-corrected chi connectivity index (χ0v) is 15.2. The minimum atomic E-state index is -0.0885. The summed E-state index contributed by atoms with van der Waals surface area (Å²) in [6.07, 6.45) is 0.957. The average molecular weight is 365 g/mol. The number of para-hydroxylation sites is 1. The maximum absolute atomic E-state index is 12.5. The molecule has 0 spiro atoms. The van der Waals surface area contributed by atoms with Crippen molar-refractivity contribution in [3.8, 4) is 0 Å². The molecule has 24 heavy (non-hydrogen) atoms. The van der Waals surface area contributed by atoms with Crippen LogP contribution in [0.15, 0.2) is 29.6 Å². The summed E-state index contributed by atoms with van der Waals surface area (Å²) in [5, 5.41) is 6.67. The Morgan fingerprint density at radius 1 is 1.29 bits per heavy atom. The lowest BCUT2D eigenvalue weighted by Gasteiger charge is -2.22. The average Bonchev–Trinajstić information content (AvgIpc) is 2.82. The van der Waals surface area contributed by atoms with Crippen molar-refractivity contribution in [3.05, 3.63) is 45.4 Å². The largest absolute Gasteiger partial charge is 0.323 e. The molecule has 1 aromatic carbocycles. The number of nitrogens with zero attached hydrogens (tertiary/aromatic N) is 3. The molecule has 0 unspecified atom stereocenters. The molecule has 5 nitrogen and oxygen atoms in total. The summed E-state index contributed by atoms with van der Waals surface area (Å²) in [6, 6.07) is 7.21. The van der Waals surface area contributed by atoms with Crippen LogP contribution in [0.2, 0.25) is 5.02 Å². The van der Waals surface area contributed by atoms with E-state index in [-0.39, 0.29) is 6.03 Å². The summed E-state index contributed by atoms with van der Waals surface area (Å²) >= 11 is 7.79. The highest BCUT2D eigenvalue weighted by Gasteiger charge is 2.20. The molecule has 1 saturated heterocycles. The van der Waals surface area contributed by atoms with Crippen LogP contribution in [0.3, 0.4) is 0 Å². The predicted octanol–water partition coefficient (Wildman–Crippen LogP) is 3.84. The first-order chi connectivity index (χ1) is 11.6. The molecule has 1 aliphatic rings. The molecular formula is C17H21ClN4OS. The van der Waals surface area contributed by atoms with Gasteiger partial charge in [-0.15, -0.1) is 11.3 Å². The number of anilines is 1. The van der Waals surface area contributed by atoms with Gasteiger partial charge in [-0.05, 0) is 25.5 Å². The highest BCUT2D eigenvalue weighted by Crippen LogP contribution is 2.21. The van der Waals surface area contributed by atoms with Crippen LogP contribution in [-0.4, -0.2) is 47.0 Å².